The summed E-state index contributed by atoms with van der Waals surface area (Å²) in [5.41, 5.74) is 1.12. The van der Waals surface area contributed by atoms with E-state index >= 15 is 0 Å². The molecule has 0 radical (unpaired) electrons. The molecule has 4 unspecified atom stereocenters. The van der Waals surface area contributed by atoms with Crippen molar-refractivity contribution in [1.82, 2.24) is 0 Å². The molecule has 0 N–H and O–H groups in total. The minimum Gasteiger partial charge on any atom is -0.0617 e. The summed E-state index contributed by atoms with van der Waals surface area (Å²) < 4.78 is 0. The van der Waals surface area contributed by atoms with Crippen LogP contribution in [0, 0.1) is 28.6 Å². The topological polar surface area (TPSA) is 0 Å². The van der Waals surface area contributed by atoms with Crippen molar-refractivity contribution in [2.24, 2.45) is 28.6 Å². The van der Waals surface area contributed by atoms with Gasteiger partial charge in [0.25, 0.3) is 0 Å². The zero-order valence-corrected chi connectivity index (χ0v) is 9.85. The quantitative estimate of drug-likeness (QED) is 0.526. The van der Waals surface area contributed by atoms with Crippen molar-refractivity contribution < 1.29 is 0 Å². The summed E-state index contributed by atoms with van der Waals surface area (Å²) in [5.74, 6) is 3.08. The highest BCUT2D eigenvalue weighted by atomic mass is 14.7. The number of rotatable bonds is 0. The van der Waals surface area contributed by atoms with E-state index in [4.69, 9.17) is 0 Å². The average Bonchev–Trinajstić information content (AvgIpc) is 2.45. The van der Waals surface area contributed by atoms with Crippen LogP contribution >= 0.6 is 0 Å². The first kappa shape index (κ1) is 9.55. The summed E-state index contributed by atoms with van der Waals surface area (Å²) in [4.78, 5) is 0. The molecule has 0 spiro atoms. The Morgan fingerprint density at radius 3 is 2.31 bits per heavy atom. The molecule has 2 saturated carbocycles. The zero-order valence-electron chi connectivity index (χ0n) is 9.85. The van der Waals surface area contributed by atoms with Crippen molar-refractivity contribution in [3.05, 3.63) is 0 Å². The van der Waals surface area contributed by atoms with Crippen LogP contribution in [-0.2, 0) is 0 Å². The first-order chi connectivity index (χ1) is 5.89. The van der Waals surface area contributed by atoms with Crippen molar-refractivity contribution in [3.63, 3.8) is 0 Å². The van der Waals surface area contributed by atoms with Gasteiger partial charge in [-0.3, -0.25) is 0 Å². The smallest absolute Gasteiger partial charge is 0.0218 e. The van der Waals surface area contributed by atoms with Crippen LogP contribution < -0.4 is 0 Å². The van der Waals surface area contributed by atoms with Gasteiger partial charge in [-0.15, -0.1) is 0 Å². The molecule has 0 nitrogen and oxygen atoms in total. The summed E-state index contributed by atoms with van der Waals surface area (Å²) in [6, 6.07) is 0. The predicted octanol–water partition coefficient (Wildman–Crippen LogP) is 4.10. The first-order valence-corrected chi connectivity index (χ1v) is 5.89. The summed E-state index contributed by atoms with van der Waals surface area (Å²) in [5, 5.41) is 0. The summed E-state index contributed by atoms with van der Waals surface area (Å²) >= 11 is 0. The van der Waals surface area contributed by atoms with Gasteiger partial charge in [0.1, 0.15) is 0 Å². The fraction of sp³-hybridized carbons (Fsp3) is 1.00. The highest BCUT2D eigenvalue weighted by Crippen LogP contribution is 2.68. The maximum Gasteiger partial charge on any atom is -0.0218 e. The van der Waals surface area contributed by atoms with Crippen LogP contribution in [0.15, 0.2) is 0 Å². The molecule has 0 bridgehead atoms. The third kappa shape index (κ3) is 0.980. The van der Waals surface area contributed by atoms with E-state index in [2.05, 4.69) is 34.6 Å². The predicted molar refractivity (Wildman–Crippen MR) is 57.6 cm³/mol. The molecule has 0 aromatic carbocycles. The van der Waals surface area contributed by atoms with Crippen LogP contribution in [-0.4, -0.2) is 0 Å². The van der Waals surface area contributed by atoms with Crippen LogP contribution in [0.25, 0.3) is 0 Å². The van der Waals surface area contributed by atoms with Crippen LogP contribution in [0.5, 0.6) is 0 Å². The van der Waals surface area contributed by atoms with Crippen molar-refractivity contribution in [2.45, 2.75) is 53.9 Å². The second kappa shape index (κ2) is 2.52. The van der Waals surface area contributed by atoms with Gasteiger partial charge in [-0.1, -0.05) is 41.0 Å². The fourth-order valence-corrected chi connectivity index (χ4v) is 4.23. The molecule has 0 saturated heterocycles. The molecular weight excluding hydrogens is 156 g/mol. The summed E-state index contributed by atoms with van der Waals surface area (Å²) in [7, 11) is 0. The van der Waals surface area contributed by atoms with Gasteiger partial charge in [0.15, 0.2) is 0 Å². The molecule has 2 fully saturated rings. The summed E-state index contributed by atoms with van der Waals surface area (Å²) in [6.07, 6.45) is 4.51. The van der Waals surface area contributed by atoms with Gasteiger partial charge in [-0.25, -0.2) is 0 Å². The first-order valence-electron chi connectivity index (χ1n) is 5.89. The summed E-state index contributed by atoms with van der Waals surface area (Å²) in [6.45, 7) is 12.3. The zero-order chi connectivity index (χ0) is 9.85. The molecule has 4 atom stereocenters. The Bertz CT molecular complexity index is 211. The lowest BCUT2D eigenvalue weighted by Gasteiger charge is -2.63. The largest absolute Gasteiger partial charge is 0.0617 e. The van der Waals surface area contributed by atoms with Crippen molar-refractivity contribution in [3.8, 4) is 0 Å². The Hall–Kier alpha value is 0. The SMILES string of the molecule is CC1C2CCCC2C1(C)C(C)(C)C. The second-order valence-corrected chi connectivity index (χ2v) is 6.52. The van der Waals surface area contributed by atoms with Crippen LogP contribution in [0.3, 0.4) is 0 Å². The van der Waals surface area contributed by atoms with Crippen molar-refractivity contribution in [2.75, 3.05) is 0 Å². The highest BCUT2D eigenvalue weighted by Gasteiger charge is 2.62. The van der Waals surface area contributed by atoms with Gasteiger partial charge >= 0.3 is 0 Å². The Morgan fingerprint density at radius 2 is 1.77 bits per heavy atom. The number of hydrogen-bond acceptors (Lipinski definition) is 0. The minimum atomic E-state index is 0.498. The lowest BCUT2D eigenvalue weighted by Crippen LogP contribution is -2.58. The van der Waals surface area contributed by atoms with E-state index in [1.165, 1.54) is 19.3 Å². The van der Waals surface area contributed by atoms with E-state index in [0.717, 1.165) is 17.8 Å². The molecule has 76 valence electrons. The van der Waals surface area contributed by atoms with Crippen LogP contribution in [0.4, 0.5) is 0 Å². The third-order valence-corrected chi connectivity index (χ3v) is 5.54. The van der Waals surface area contributed by atoms with E-state index in [1.807, 2.05) is 0 Å². The Morgan fingerprint density at radius 1 is 1.15 bits per heavy atom. The van der Waals surface area contributed by atoms with Gasteiger partial charge < -0.3 is 0 Å². The number of hydrogen-bond donors (Lipinski definition) is 0. The average molecular weight is 180 g/mol. The van der Waals surface area contributed by atoms with E-state index in [9.17, 15) is 0 Å². The fourth-order valence-electron chi connectivity index (χ4n) is 4.23. The number of fused-ring (bicyclic) bond motifs is 1. The van der Waals surface area contributed by atoms with Gasteiger partial charge in [0.2, 0.25) is 0 Å². The molecule has 2 aliphatic rings. The second-order valence-electron chi connectivity index (χ2n) is 6.52. The van der Waals surface area contributed by atoms with Crippen LogP contribution in [0.2, 0.25) is 0 Å². The highest BCUT2D eigenvalue weighted by molar-refractivity contribution is 5.10. The van der Waals surface area contributed by atoms with Crippen molar-refractivity contribution >= 4 is 0 Å². The van der Waals surface area contributed by atoms with E-state index < -0.39 is 0 Å². The van der Waals surface area contributed by atoms with E-state index in [-0.39, 0.29) is 0 Å². The van der Waals surface area contributed by atoms with E-state index in [0.29, 0.717) is 10.8 Å². The molecule has 2 aliphatic carbocycles. The monoisotopic (exact) mass is 180 g/mol. The Labute approximate surface area is 83.1 Å². The normalized spacial score (nSPS) is 50.1. The van der Waals surface area contributed by atoms with Gasteiger partial charge in [-0.05, 0) is 41.4 Å². The third-order valence-electron chi connectivity index (χ3n) is 5.54. The molecule has 0 amide bonds. The lowest BCUT2D eigenvalue weighted by atomic mass is 9.41. The standard InChI is InChI=1S/C13H24/c1-9-10-7-6-8-11(10)13(9,5)12(2,3)4/h9-11H,6-8H2,1-5H3. The van der Waals surface area contributed by atoms with Gasteiger partial charge in [0.05, 0.1) is 0 Å². The lowest BCUT2D eigenvalue weighted by molar-refractivity contribution is -0.154. The molecule has 13 heavy (non-hydrogen) atoms. The van der Waals surface area contributed by atoms with Gasteiger partial charge in [-0.2, -0.15) is 0 Å². The maximum absolute atomic E-state index is 2.53. The van der Waals surface area contributed by atoms with Crippen molar-refractivity contribution in [1.29, 1.82) is 0 Å². The molecule has 2 rings (SSSR count). The molecular formula is C13H24. The van der Waals surface area contributed by atoms with E-state index in [1.54, 1.807) is 0 Å². The Balaban J connectivity index is 2.25. The van der Waals surface area contributed by atoms with Gasteiger partial charge in [0, 0.05) is 0 Å². The minimum absolute atomic E-state index is 0.498. The van der Waals surface area contributed by atoms with Crippen LogP contribution in [0.1, 0.15) is 53.9 Å². The molecule has 0 aromatic heterocycles. The Kier molecular flexibility index (Phi) is 1.85. The molecule has 0 aliphatic heterocycles. The molecule has 0 heteroatoms. The molecule has 0 aromatic rings. The molecule has 0 heterocycles. The maximum atomic E-state index is 2.53.